The summed E-state index contributed by atoms with van der Waals surface area (Å²) in [6.07, 6.45) is 0. The molecule has 0 spiro atoms. The van der Waals surface area contributed by atoms with Gasteiger partial charge in [0, 0.05) is 0 Å². The van der Waals surface area contributed by atoms with Crippen molar-refractivity contribution < 1.29 is 9.84 Å². The first-order valence-corrected chi connectivity index (χ1v) is 10.7. The third-order valence-electron chi connectivity index (χ3n) is 6.29. The molecule has 1 atom stereocenters. The van der Waals surface area contributed by atoms with Gasteiger partial charge in [-0.15, -0.1) is 0 Å². The largest absolute Gasteiger partial charge is 0.480 e. The molecule has 1 aliphatic rings. The molecule has 0 saturated heterocycles. The molecule has 0 bridgehead atoms. The molecule has 0 amide bonds. The average Bonchev–Trinajstić information content (AvgIpc) is 3.18. The number of hydrogen-bond acceptors (Lipinski definition) is 4. The number of hydrogen-bond donors (Lipinski definition) is 1. The zero-order valence-corrected chi connectivity index (χ0v) is 17.9. The Morgan fingerprint density at radius 1 is 0.879 bits per heavy atom. The molecule has 0 fully saturated rings. The quantitative estimate of drug-likeness (QED) is 0.334. The number of nitriles is 1. The molecule has 33 heavy (non-hydrogen) atoms. The molecule has 2 heterocycles. The number of aromatic nitrogens is 2. The van der Waals surface area contributed by atoms with E-state index < -0.39 is 5.92 Å². The topological polar surface area (TPSA) is 71.1 Å². The second-order valence-corrected chi connectivity index (χ2v) is 8.15. The van der Waals surface area contributed by atoms with E-state index in [0.29, 0.717) is 5.88 Å². The third-order valence-corrected chi connectivity index (χ3v) is 6.29. The molecule has 0 radical (unpaired) electrons. The van der Waals surface area contributed by atoms with Gasteiger partial charge >= 0.3 is 0 Å². The normalized spacial score (nSPS) is 15.3. The maximum atomic E-state index is 10.9. The number of aliphatic hydroxyl groups is 1. The predicted octanol–water partition coefficient (Wildman–Crippen LogP) is 6.30. The van der Waals surface area contributed by atoms with E-state index in [2.05, 4.69) is 36.4 Å². The molecule has 0 unspecified atom stereocenters. The lowest BCUT2D eigenvalue weighted by Gasteiger charge is -2.26. The minimum absolute atomic E-state index is 0.180. The van der Waals surface area contributed by atoms with E-state index in [1.165, 1.54) is 0 Å². The second kappa shape index (κ2) is 7.25. The first-order valence-electron chi connectivity index (χ1n) is 10.7. The highest BCUT2D eigenvalue weighted by Gasteiger charge is 2.38. The maximum absolute atomic E-state index is 10.9. The van der Waals surface area contributed by atoms with Crippen LogP contribution >= 0.6 is 0 Å². The Kier molecular flexibility index (Phi) is 4.21. The van der Waals surface area contributed by atoms with E-state index in [9.17, 15) is 10.4 Å². The first kappa shape index (κ1) is 19.1. The minimum Gasteiger partial charge on any atom is -0.480 e. The summed E-state index contributed by atoms with van der Waals surface area (Å²) in [5.74, 6) is -0.478. The molecule has 6 rings (SSSR count). The summed E-state index contributed by atoms with van der Waals surface area (Å²) in [7, 11) is 0. The Bertz CT molecular complexity index is 1570. The Morgan fingerprint density at radius 2 is 1.48 bits per heavy atom. The smallest absolute Gasteiger partial charge is 0.298 e. The second-order valence-electron chi connectivity index (χ2n) is 8.15. The van der Waals surface area contributed by atoms with Crippen LogP contribution in [0.3, 0.4) is 0 Å². The number of aliphatic hydroxyl groups excluding tert-OH is 1. The highest BCUT2D eigenvalue weighted by molar-refractivity contribution is 6.03. The van der Waals surface area contributed by atoms with Crippen LogP contribution in [0.5, 0.6) is 5.88 Å². The van der Waals surface area contributed by atoms with Crippen molar-refractivity contribution in [3.8, 4) is 17.6 Å². The van der Waals surface area contributed by atoms with Crippen molar-refractivity contribution in [2.45, 2.75) is 12.8 Å². The van der Waals surface area contributed by atoms with E-state index in [-0.39, 0.29) is 11.5 Å². The Morgan fingerprint density at radius 3 is 2.12 bits per heavy atom. The van der Waals surface area contributed by atoms with Crippen LogP contribution in [0, 0.1) is 18.3 Å². The highest BCUT2D eigenvalue weighted by atomic mass is 16.6. The molecular formula is C28H19N3O2. The fourth-order valence-corrected chi connectivity index (χ4v) is 4.87. The summed E-state index contributed by atoms with van der Waals surface area (Å²) in [5, 5.41) is 29.9. The molecule has 0 saturated carbocycles. The summed E-state index contributed by atoms with van der Waals surface area (Å²) < 4.78 is 7.52. The van der Waals surface area contributed by atoms with Gasteiger partial charge in [-0.05, 0) is 52.2 Å². The van der Waals surface area contributed by atoms with Crippen molar-refractivity contribution in [2.24, 2.45) is 0 Å². The lowest BCUT2D eigenvalue weighted by molar-refractivity contribution is 0.185. The standard InChI is InChI=1S/C28H19N3O2/c1-17-24-26(25-21-13-7-5-9-18(21)15-19-10-6-8-14-22(19)25)23(16-29)28(32)33-27(24)31(30-17)20-11-3-2-4-12-20/h2-15,26,32H,1H3/t26-/m1/s1. The molecular weight excluding hydrogens is 410 g/mol. The minimum atomic E-state index is -0.521. The number of para-hydroxylation sites is 1. The number of rotatable bonds is 2. The van der Waals surface area contributed by atoms with E-state index in [4.69, 9.17) is 9.84 Å². The Hall–Kier alpha value is -4.56. The number of ether oxygens (including phenoxy) is 1. The summed E-state index contributed by atoms with van der Waals surface area (Å²) in [6.45, 7) is 1.92. The number of fused-ring (bicyclic) bond motifs is 3. The van der Waals surface area contributed by atoms with Gasteiger partial charge in [-0.1, -0.05) is 66.7 Å². The number of allylic oxidation sites excluding steroid dienone is 1. The van der Waals surface area contributed by atoms with Gasteiger partial charge in [-0.2, -0.15) is 10.4 Å². The van der Waals surface area contributed by atoms with Crippen molar-refractivity contribution in [2.75, 3.05) is 0 Å². The van der Waals surface area contributed by atoms with Crippen LogP contribution < -0.4 is 4.74 Å². The van der Waals surface area contributed by atoms with Crippen LogP contribution in [0.15, 0.2) is 96.4 Å². The van der Waals surface area contributed by atoms with Crippen molar-refractivity contribution >= 4 is 21.5 Å². The predicted molar refractivity (Wildman–Crippen MR) is 127 cm³/mol. The highest BCUT2D eigenvalue weighted by Crippen LogP contribution is 2.48. The molecule has 0 aliphatic carbocycles. The molecule has 158 valence electrons. The van der Waals surface area contributed by atoms with Crippen LogP contribution in [0.25, 0.3) is 27.2 Å². The van der Waals surface area contributed by atoms with Crippen LogP contribution in [-0.4, -0.2) is 14.9 Å². The van der Waals surface area contributed by atoms with Crippen LogP contribution in [-0.2, 0) is 0 Å². The van der Waals surface area contributed by atoms with E-state index in [1.54, 1.807) is 4.68 Å². The SMILES string of the molecule is Cc1nn(-c2ccccc2)c2c1[C@H](c1c3ccccc3cc3ccccc13)C(C#N)=C(O)O2. The third kappa shape index (κ3) is 2.81. The van der Waals surface area contributed by atoms with Crippen molar-refractivity contribution in [3.05, 3.63) is 113 Å². The molecule has 1 aromatic heterocycles. The summed E-state index contributed by atoms with van der Waals surface area (Å²) in [6, 6.07) is 30.3. The maximum Gasteiger partial charge on any atom is 0.298 e. The fraction of sp³-hybridized carbons (Fsp3) is 0.0714. The van der Waals surface area contributed by atoms with Gasteiger partial charge in [0.15, 0.2) is 0 Å². The van der Waals surface area contributed by atoms with Crippen LogP contribution in [0.1, 0.15) is 22.7 Å². The number of nitrogens with zero attached hydrogens (tertiary/aromatic N) is 3. The zero-order chi connectivity index (χ0) is 22.5. The average molecular weight is 429 g/mol. The van der Waals surface area contributed by atoms with Gasteiger partial charge in [-0.3, -0.25) is 0 Å². The molecule has 1 aliphatic heterocycles. The summed E-state index contributed by atoms with van der Waals surface area (Å²) >= 11 is 0. The first-order chi connectivity index (χ1) is 16.2. The number of benzene rings is 4. The Labute approximate surface area is 190 Å². The zero-order valence-electron chi connectivity index (χ0n) is 17.9. The van der Waals surface area contributed by atoms with E-state index in [0.717, 1.165) is 44.1 Å². The van der Waals surface area contributed by atoms with Gasteiger partial charge in [-0.25, -0.2) is 4.68 Å². The van der Waals surface area contributed by atoms with Gasteiger partial charge in [0.1, 0.15) is 11.6 Å². The summed E-state index contributed by atoms with van der Waals surface area (Å²) in [5.41, 5.74) is 3.49. The fourth-order valence-electron chi connectivity index (χ4n) is 4.87. The van der Waals surface area contributed by atoms with E-state index >= 15 is 0 Å². The van der Waals surface area contributed by atoms with Gasteiger partial charge in [0.2, 0.25) is 5.88 Å². The molecule has 4 aromatic carbocycles. The van der Waals surface area contributed by atoms with Gasteiger partial charge < -0.3 is 9.84 Å². The summed E-state index contributed by atoms with van der Waals surface area (Å²) in [4.78, 5) is 0. The molecule has 5 aromatic rings. The van der Waals surface area contributed by atoms with Gasteiger partial charge in [0.05, 0.1) is 22.9 Å². The number of aryl methyl sites for hydroxylation is 1. The lowest BCUT2D eigenvalue weighted by Crippen LogP contribution is -2.18. The van der Waals surface area contributed by atoms with Crippen molar-refractivity contribution in [1.29, 1.82) is 5.26 Å². The Balaban J connectivity index is 1.74. The van der Waals surface area contributed by atoms with Crippen LogP contribution in [0.4, 0.5) is 0 Å². The van der Waals surface area contributed by atoms with Gasteiger partial charge in [0.25, 0.3) is 5.95 Å². The van der Waals surface area contributed by atoms with E-state index in [1.807, 2.05) is 61.5 Å². The molecule has 1 N–H and O–H groups in total. The van der Waals surface area contributed by atoms with Crippen molar-refractivity contribution in [1.82, 2.24) is 9.78 Å². The van der Waals surface area contributed by atoms with Crippen LogP contribution in [0.2, 0.25) is 0 Å². The van der Waals surface area contributed by atoms with Crippen molar-refractivity contribution in [3.63, 3.8) is 0 Å². The molecule has 5 nitrogen and oxygen atoms in total. The monoisotopic (exact) mass is 429 g/mol. The molecule has 5 heteroatoms. The lowest BCUT2D eigenvalue weighted by atomic mass is 9.79.